The minimum Gasteiger partial charge on any atom is -0.302 e. The molecule has 0 atom stereocenters. The highest BCUT2D eigenvalue weighted by molar-refractivity contribution is 7.99. The van der Waals surface area contributed by atoms with Crippen molar-refractivity contribution < 1.29 is 0 Å². The Kier molecular flexibility index (Phi) is 3.49. The van der Waals surface area contributed by atoms with Crippen molar-refractivity contribution >= 4 is 11.8 Å². The van der Waals surface area contributed by atoms with Gasteiger partial charge in [0.15, 0.2) is 0 Å². The van der Waals surface area contributed by atoms with Gasteiger partial charge < -0.3 is 4.98 Å². The Morgan fingerprint density at radius 2 is 2.00 bits per heavy atom. The van der Waals surface area contributed by atoms with Gasteiger partial charge in [0.1, 0.15) is 0 Å². The van der Waals surface area contributed by atoms with E-state index in [2.05, 4.69) is 16.9 Å². The molecule has 0 saturated heterocycles. The second kappa shape index (κ2) is 5.05. The first-order chi connectivity index (χ1) is 8.17. The lowest BCUT2D eigenvalue weighted by atomic mass is 10.2. The summed E-state index contributed by atoms with van der Waals surface area (Å²) in [7, 11) is 0. The molecule has 0 fully saturated rings. The molecule has 0 spiro atoms. The summed E-state index contributed by atoms with van der Waals surface area (Å²) in [6, 6.07) is 9.38. The zero-order valence-electron chi connectivity index (χ0n) is 9.32. The molecule has 0 aliphatic carbocycles. The highest BCUT2D eigenvalue weighted by Gasteiger charge is 2.00. The van der Waals surface area contributed by atoms with E-state index < -0.39 is 5.69 Å². The monoisotopic (exact) mass is 248 g/mol. The summed E-state index contributed by atoms with van der Waals surface area (Å²) >= 11 is 1.37. The number of aryl methyl sites for hydroxylation is 1. The van der Waals surface area contributed by atoms with E-state index in [-0.39, 0.29) is 5.56 Å². The van der Waals surface area contributed by atoms with E-state index in [9.17, 15) is 9.59 Å². The van der Waals surface area contributed by atoms with Crippen molar-refractivity contribution in [1.29, 1.82) is 0 Å². The zero-order valence-corrected chi connectivity index (χ0v) is 10.1. The van der Waals surface area contributed by atoms with Crippen LogP contribution in [0.5, 0.6) is 0 Å². The van der Waals surface area contributed by atoms with E-state index in [4.69, 9.17) is 0 Å². The van der Waals surface area contributed by atoms with Gasteiger partial charge in [-0.2, -0.15) is 0 Å². The lowest BCUT2D eigenvalue weighted by Crippen LogP contribution is -2.21. The van der Waals surface area contributed by atoms with Crippen molar-refractivity contribution in [2.75, 3.05) is 0 Å². The number of aromatic amines is 2. The van der Waals surface area contributed by atoms with E-state index in [0.717, 1.165) is 11.3 Å². The van der Waals surface area contributed by atoms with Crippen molar-refractivity contribution in [1.82, 2.24) is 9.97 Å². The maximum Gasteiger partial charge on any atom is 0.326 e. The largest absolute Gasteiger partial charge is 0.326 e. The summed E-state index contributed by atoms with van der Waals surface area (Å²) in [5.41, 5.74) is 0.358. The summed E-state index contributed by atoms with van der Waals surface area (Å²) in [5.74, 6) is 0. The third kappa shape index (κ3) is 3.10. The number of nitrogens with one attached hydrogen (secondary N) is 2. The van der Waals surface area contributed by atoms with Gasteiger partial charge in [-0.05, 0) is 24.1 Å². The van der Waals surface area contributed by atoms with Crippen molar-refractivity contribution in [2.24, 2.45) is 0 Å². The summed E-state index contributed by atoms with van der Waals surface area (Å²) in [5, 5.41) is 0.548. The predicted octanol–water partition coefficient (Wildman–Crippen LogP) is 1.78. The predicted molar refractivity (Wildman–Crippen MR) is 67.6 cm³/mol. The normalized spacial score (nSPS) is 10.4. The first-order valence-electron chi connectivity index (χ1n) is 5.28. The molecule has 0 amide bonds. The smallest absolute Gasteiger partial charge is 0.302 e. The fraction of sp³-hybridized carbons (Fsp3) is 0.167. The van der Waals surface area contributed by atoms with Crippen molar-refractivity contribution in [3.63, 3.8) is 0 Å². The molecular weight excluding hydrogens is 236 g/mol. The molecule has 2 rings (SSSR count). The van der Waals surface area contributed by atoms with Crippen LogP contribution in [0.1, 0.15) is 12.5 Å². The van der Waals surface area contributed by atoms with Crippen LogP contribution in [0.15, 0.2) is 49.8 Å². The number of rotatable bonds is 3. The molecule has 1 aromatic carbocycles. The highest BCUT2D eigenvalue weighted by Crippen LogP contribution is 2.25. The van der Waals surface area contributed by atoms with Gasteiger partial charge in [-0.1, -0.05) is 30.8 Å². The van der Waals surface area contributed by atoms with Gasteiger partial charge in [0.25, 0.3) is 5.56 Å². The van der Waals surface area contributed by atoms with Crippen molar-refractivity contribution in [2.45, 2.75) is 23.3 Å². The molecule has 17 heavy (non-hydrogen) atoms. The average Bonchev–Trinajstić information content (AvgIpc) is 2.28. The maximum absolute atomic E-state index is 11.1. The van der Waals surface area contributed by atoms with E-state index in [0.29, 0.717) is 5.03 Å². The topological polar surface area (TPSA) is 65.7 Å². The second-order valence-corrected chi connectivity index (χ2v) is 4.67. The van der Waals surface area contributed by atoms with Gasteiger partial charge in [0.2, 0.25) is 0 Å². The molecule has 0 aliphatic rings. The lowest BCUT2D eigenvalue weighted by Gasteiger charge is -2.02. The highest BCUT2D eigenvalue weighted by atomic mass is 32.2. The molecule has 0 radical (unpaired) electrons. The molecule has 4 nitrogen and oxygen atoms in total. The van der Waals surface area contributed by atoms with Crippen LogP contribution in [-0.4, -0.2) is 9.97 Å². The third-order valence-electron chi connectivity index (χ3n) is 2.27. The summed E-state index contributed by atoms with van der Waals surface area (Å²) in [6.07, 6.45) is 0.959. The van der Waals surface area contributed by atoms with Gasteiger partial charge in [-0.25, -0.2) is 4.79 Å². The van der Waals surface area contributed by atoms with Crippen LogP contribution in [0.25, 0.3) is 0 Å². The fourth-order valence-electron chi connectivity index (χ4n) is 1.46. The van der Waals surface area contributed by atoms with Gasteiger partial charge in [0.05, 0.1) is 5.03 Å². The van der Waals surface area contributed by atoms with Crippen molar-refractivity contribution in [3.8, 4) is 0 Å². The van der Waals surface area contributed by atoms with Gasteiger partial charge in [-0.3, -0.25) is 9.78 Å². The van der Waals surface area contributed by atoms with Crippen LogP contribution < -0.4 is 11.2 Å². The SMILES string of the molecule is CCc1cccc(Sc2cc(=O)[nH]c(=O)[nH]2)c1. The summed E-state index contributed by atoms with van der Waals surface area (Å²) in [6.45, 7) is 2.08. The Bertz CT molecular complexity index is 602. The number of hydrogen-bond acceptors (Lipinski definition) is 3. The molecule has 0 bridgehead atoms. The van der Waals surface area contributed by atoms with Crippen LogP contribution in [0.3, 0.4) is 0 Å². The molecule has 2 N–H and O–H groups in total. The van der Waals surface area contributed by atoms with Crippen LogP contribution in [0.4, 0.5) is 0 Å². The lowest BCUT2D eigenvalue weighted by molar-refractivity contribution is 0.949. The Balaban J connectivity index is 2.31. The molecule has 2 aromatic rings. The van der Waals surface area contributed by atoms with Crippen LogP contribution in [0, 0.1) is 0 Å². The number of benzene rings is 1. The van der Waals surface area contributed by atoms with Gasteiger partial charge in [0, 0.05) is 11.0 Å². The molecule has 0 unspecified atom stereocenters. The molecule has 0 saturated carbocycles. The molecule has 5 heteroatoms. The van der Waals surface area contributed by atoms with E-state index in [1.807, 2.05) is 24.3 Å². The Morgan fingerprint density at radius 3 is 2.71 bits per heavy atom. The summed E-state index contributed by atoms with van der Waals surface area (Å²) in [4.78, 5) is 28.0. The number of hydrogen-bond donors (Lipinski definition) is 2. The molecule has 1 heterocycles. The zero-order chi connectivity index (χ0) is 12.3. The van der Waals surface area contributed by atoms with Gasteiger partial charge >= 0.3 is 5.69 Å². The van der Waals surface area contributed by atoms with E-state index in [1.54, 1.807) is 0 Å². The third-order valence-corrected chi connectivity index (χ3v) is 3.20. The van der Waals surface area contributed by atoms with Gasteiger partial charge in [-0.15, -0.1) is 0 Å². The molecule has 88 valence electrons. The average molecular weight is 248 g/mol. The minimum absolute atomic E-state index is 0.386. The standard InChI is InChI=1S/C12H12N2O2S/c1-2-8-4-3-5-9(6-8)17-11-7-10(15)13-12(16)14-11/h3-7H,2H2,1H3,(H2,13,14,15,16). The molecular formula is C12H12N2O2S. The van der Waals surface area contributed by atoms with Crippen LogP contribution >= 0.6 is 11.8 Å². The first kappa shape index (κ1) is 11.7. The quantitative estimate of drug-likeness (QED) is 0.814. The molecule has 0 aliphatic heterocycles. The summed E-state index contributed by atoms with van der Waals surface area (Å²) < 4.78 is 0. The number of H-pyrrole nitrogens is 2. The Labute approximate surface area is 102 Å². The van der Waals surface area contributed by atoms with Crippen LogP contribution in [0.2, 0.25) is 0 Å². The molecule has 1 aromatic heterocycles. The Hall–Kier alpha value is -1.75. The fourth-order valence-corrected chi connectivity index (χ4v) is 2.38. The first-order valence-corrected chi connectivity index (χ1v) is 6.09. The second-order valence-electron chi connectivity index (χ2n) is 3.55. The van der Waals surface area contributed by atoms with E-state index in [1.165, 1.54) is 23.4 Å². The maximum atomic E-state index is 11.1. The number of aromatic nitrogens is 2. The van der Waals surface area contributed by atoms with Crippen molar-refractivity contribution in [3.05, 3.63) is 56.7 Å². The minimum atomic E-state index is -0.480. The Morgan fingerprint density at radius 1 is 1.18 bits per heavy atom. The van der Waals surface area contributed by atoms with E-state index >= 15 is 0 Å². The van der Waals surface area contributed by atoms with Crippen LogP contribution in [-0.2, 0) is 6.42 Å².